The lowest BCUT2D eigenvalue weighted by Gasteiger charge is -2.02. The van der Waals surface area contributed by atoms with Gasteiger partial charge in [0.1, 0.15) is 5.75 Å². The lowest BCUT2D eigenvalue weighted by molar-refractivity contribution is 0.194. The summed E-state index contributed by atoms with van der Waals surface area (Å²) in [4.78, 5) is 11.2. The van der Waals surface area contributed by atoms with Crippen molar-refractivity contribution >= 4 is 17.9 Å². The van der Waals surface area contributed by atoms with E-state index in [4.69, 9.17) is 10.2 Å². The molecule has 5 heteroatoms. The molecule has 0 aliphatic carbocycles. The fourth-order valence-corrected chi connectivity index (χ4v) is 1.85. The third-order valence-corrected chi connectivity index (χ3v) is 2.80. The quantitative estimate of drug-likeness (QED) is 0.532. The monoisotopic (exact) mass is 227 g/mol. The summed E-state index contributed by atoms with van der Waals surface area (Å²) in [5.74, 6) is 1.11. The molecule has 4 nitrogen and oxygen atoms in total. The maximum Gasteiger partial charge on any atom is 0.404 e. The number of rotatable bonds is 5. The van der Waals surface area contributed by atoms with Crippen molar-refractivity contribution in [3.8, 4) is 5.75 Å². The van der Waals surface area contributed by atoms with Crippen LogP contribution in [-0.4, -0.2) is 28.6 Å². The number of benzene rings is 1. The van der Waals surface area contributed by atoms with Crippen LogP contribution in [0.4, 0.5) is 4.79 Å². The van der Waals surface area contributed by atoms with Gasteiger partial charge in [0.05, 0.1) is 0 Å². The Morgan fingerprint density at radius 1 is 1.33 bits per heavy atom. The average Bonchev–Trinajstić information content (AvgIpc) is 2.20. The first-order chi connectivity index (χ1) is 7.18. The first-order valence-corrected chi connectivity index (χ1v) is 5.55. The second-order valence-corrected chi connectivity index (χ2v) is 4.10. The molecule has 0 atom stereocenters. The van der Waals surface area contributed by atoms with E-state index in [0.29, 0.717) is 6.54 Å². The molecule has 1 rings (SSSR count). The third kappa shape index (κ3) is 5.17. The first-order valence-electron chi connectivity index (χ1n) is 4.57. The molecule has 0 radical (unpaired) electrons. The minimum atomic E-state index is -0.982. The number of phenolic OH excluding ortho intramolecular Hbond substituents is 1. The van der Waals surface area contributed by atoms with Gasteiger partial charge in [0.15, 0.2) is 0 Å². The minimum Gasteiger partial charge on any atom is -0.508 e. The molecule has 0 saturated carbocycles. The summed E-state index contributed by atoms with van der Waals surface area (Å²) in [7, 11) is 0. The van der Waals surface area contributed by atoms with Crippen LogP contribution >= 0.6 is 11.8 Å². The molecule has 0 fully saturated rings. The zero-order valence-electron chi connectivity index (χ0n) is 8.14. The summed E-state index contributed by atoms with van der Waals surface area (Å²) >= 11 is 1.64. The van der Waals surface area contributed by atoms with Crippen LogP contribution in [0.15, 0.2) is 29.2 Å². The summed E-state index contributed by atoms with van der Waals surface area (Å²) in [5.41, 5.74) is 0. The lowest BCUT2D eigenvalue weighted by atomic mass is 10.3. The van der Waals surface area contributed by atoms with Gasteiger partial charge in [-0.05, 0) is 36.4 Å². The van der Waals surface area contributed by atoms with Gasteiger partial charge >= 0.3 is 6.09 Å². The first kappa shape index (κ1) is 11.7. The Kier molecular flexibility index (Phi) is 4.83. The molecule has 0 aliphatic rings. The molecule has 0 aromatic heterocycles. The normalized spacial score (nSPS) is 9.87. The summed E-state index contributed by atoms with van der Waals surface area (Å²) in [6.07, 6.45) is -0.192. The van der Waals surface area contributed by atoms with E-state index in [1.54, 1.807) is 23.9 Å². The predicted octanol–water partition coefficient (Wildman–Crippen LogP) is 2.14. The molecule has 0 spiro atoms. The van der Waals surface area contributed by atoms with Crippen molar-refractivity contribution in [2.45, 2.75) is 11.3 Å². The van der Waals surface area contributed by atoms with Gasteiger partial charge < -0.3 is 15.5 Å². The number of aromatic hydroxyl groups is 1. The molecule has 0 unspecified atom stereocenters. The Labute approximate surface area is 92.3 Å². The van der Waals surface area contributed by atoms with Gasteiger partial charge in [0.2, 0.25) is 0 Å². The van der Waals surface area contributed by atoms with E-state index in [2.05, 4.69) is 5.32 Å². The van der Waals surface area contributed by atoms with Crippen LogP contribution in [0.2, 0.25) is 0 Å². The Balaban J connectivity index is 2.15. The summed E-state index contributed by atoms with van der Waals surface area (Å²) in [6, 6.07) is 6.95. The molecule has 82 valence electrons. The fraction of sp³-hybridized carbons (Fsp3) is 0.300. The molecule has 15 heavy (non-hydrogen) atoms. The van der Waals surface area contributed by atoms with E-state index in [1.807, 2.05) is 12.1 Å². The fourth-order valence-electron chi connectivity index (χ4n) is 1.000. The van der Waals surface area contributed by atoms with E-state index in [9.17, 15) is 4.79 Å². The summed E-state index contributed by atoms with van der Waals surface area (Å²) in [5, 5.41) is 19.7. The second-order valence-electron chi connectivity index (χ2n) is 2.93. The molecule has 1 aromatic carbocycles. The van der Waals surface area contributed by atoms with Crippen LogP contribution in [-0.2, 0) is 0 Å². The van der Waals surface area contributed by atoms with Crippen LogP contribution in [0, 0.1) is 0 Å². The maximum absolute atomic E-state index is 10.1. The van der Waals surface area contributed by atoms with E-state index in [1.165, 1.54) is 0 Å². The van der Waals surface area contributed by atoms with Gasteiger partial charge in [0.25, 0.3) is 0 Å². The molecular weight excluding hydrogens is 214 g/mol. The Hall–Kier alpha value is -1.36. The number of thioether (sulfide) groups is 1. The number of amides is 1. The number of phenols is 1. The van der Waals surface area contributed by atoms with Crippen molar-refractivity contribution in [2.75, 3.05) is 12.3 Å². The SMILES string of the molecule is O=C(O)NCCCSc1ccc(O)cc1. The molecule has 1 amide bonds. The smallest absolute Gasteiger partial charge is 0.404 e. The molecule has 1 aromatic rings. The Bertz CT molecular complexity index is 313. The number of hydrogen-bond donors (Lipinski definition) is 3. The standard InChI is InChI=1S/C10H13NO3S/c12-8-2-4-9(5-3-8)15-7-1-6-11-10(13)14/h2-5,11-12H,1,6-7H2,(H,13,14). The third-order valence-electron chi connectivity index (χ3n) is 1.70. The Morgan fingerprint density at radius 3 is 2.60 bits per heavy atom. The van der Waals surface area contributed by atoms with Gasteiger partial charge in [-0.3, -0.25) is 0 Å². The molecule has 0 saturated heterocycles. The van der Waals surface area contributed by atoms with E-state index >= 15 is 0 Å². The molecule has 0 heterocycles. The van der Waals surface area contributed by atoms with Gasteiger partial charge in [0, 0.05) is 11.4 Å². The molecular formula is C10H13NO3S. The Morgan fingerprint density at radius 2 is 2.00 bits per heavy atom. The van der Waals surface area contributed by atoms with E-state index < -0.39 is 6.09 Å². The van der Waals surface area contributed by atoms with Gasteiger partial charge in [-0.15, -0.1) is 11.8 Å². The average molecular weight is 227 g/mol. The zero-order chi connectivity index (χ0) is 11.1. The summed E-state index contributed by atoms with van der Waals surface area (Å²) < 4.78 is 0. The molecule has 0 bridgehead atoms. The molecule has 3 N–H and O–H groups in total. The number of nitrogens with one attached hydrogen (secondary N) is 1. The van der Waals surface area contributed by atoms with E-state index in [-0.39, 0.29) is 5.75 Å². The largest absolute Gasteiger partial charge is 0.508 e. The van der Waals surface area contributed by atoms with Gasteiger partial charge in [-0.2, -0.15) is 0 Å². The van der Waals surface area contributed by atoms with Crippen molar-refractivity contribution in [3.05, 3.63) is 24.3 Å². The number of carboxylic acid groups (broad SMARTS) is 1. The van der Waals surface area contributed by atoms with Crippen LogP contribution in [0.25, 0.3) is 0 Å². The van der Waals surface area contributed by atoms with Crippen molar-refractivity contribution < 1.29 is 15.0 Å². The van der Waals surface area contributed by atoms with Crippen LogP contribution in [0.3, 0.4) is 0 Å². The number of hydrogen-bond acceptors (Lipinski definition) is 3. The van der Waals surface area contributed by atoms with Crippen molar-refractivity contribution in [2.24, 2.45) is 0 Å². The van der Waals surface area contributed by atoms with Crippen molar-refractivity contribution in [1.29, 1.82) is 0 Å². The van der Waals surface area contributed by atoms with Gasteiger partial charge in [-0.25, -0.2) is 4.79 Å². The second kappa shape index (κ2) is 6.19. The van der Waals surface area contributed by atoms with E-state index in [0.717, 1.165) is 17.1 Å². The predicted molar refractivity (Wildman–Crippen MR) is 59.5 cm³/mol. The highest BCUT2D eigenvalue weighted by atomic mass is 32.2. The minimum absolute atomic E-state index is 0.256. The topological polar surface area (TPSA) is 69.6 Å². The van der Waals surface area contributed by atoms with Crippen molar-refractivity contribution in [1.82, 2.24) is 5.32 Å². The van der Waals surface area contributed by atoms with Crippen LogP contribution in [0.5, 0.6) is 5.75 Å². The van der Waals surface area contributed by atoms with Crippen molar-refractivity contribution in [3.63, 3.8) is 0 Å². The highest BCUT2D eigenvalue weighted by Gasteiger charge is 1.96. The lowest BCUT2D eigenvalue weighted by Crippen LogP contribution is -2.22. The van der Waals surface area contributed by atoms with Gasteiger partial charge in [-0.1, -0.05) is 0 Å². The highest BCUT2D eigenvalue weighted by molar-refractivity contribution is 7.99. The summed E-state index contributed by atoms with van der Waals surface area (Å²) in [6.45, 7) is 0.473. The van der Waals surface area contributed by atoms with Crippen LogP contribution < -0.4 is 5.32 Å². The maximum atomic E-state index is 10.1. The van der Waals surface area contributed by atoms with Crippen LogP contribution in [0.1, 0.15) is 6.42 Å². The molecule has 0 aliphatic heterocycles. The highest BCUT2D eigenvalue weighted by Crippen LogP contribution is 2.20. The number of carbonyl (C=O) groups is 1. The zero-order valence-corrected chi connectivity index (χ0v) is 8.96.